The summed E-state index contributed by atoms with van der Waals surface area (Å²) in [6.45, 7) is 6.51. The molecule has 0 aliphatic carbocycles. The van der Waals surface area contributed by atoms with Gasteiger partial charge in [0, 0.05) is 19.3 Å². The zero-order valence-electron chi connectivity index (χ0n) is 44.4. The van der Waals surface area contributed by atoms with E-state index in [2.05, 4.69) is 81.5 Å². The maximum atomic E-state index is 12.9. The van der Waals surface area contributed by atoms with E-state index in [-0.39, 0.29) is 31.1 Å². The molecule has 1 atom stereocenters. The highest BCUT2D eigenvalue weighted by Crippen LogP contribution is 2.16. The third-order valence-corrected chi connectivity index (χ3v) is 12.5. The van der Waals surface area contributed by atoms with Crippen molar-refractivity contribution in [2.24, 2.45) is 0 Å². The fraction of sp³-hybridized carbons (Fsp3) is 0.787. The third-order valence-electron chi connectivity index (χ3n) is 12.5. The summed E-state index contributed by atoms with van der Waals surface area (Å²) in [6.07, 6.45) is 69.2. The van der Waals surface area contributed by atoms with Gasteiger partial charge in [0.05, 0.1) is 0 Å². The van der Waals surface area contributed by atoms with E-state index >= 15 is 0 Å². The van der Waals surface area contributed by atoms with Gasteiger partial charge in [-0.25, -0.2) is 0 Å². The van der Waals surface area contributed by atoms with Crippen LogP contribution in [0.5, 0.6) is 0 Å². The molecule has 388 valence electrons. The van der Waals surface area contributed by atoms with Gasteiger partial charge in [-0.15, -0.1) is 0 Å². The molecule has 0 bridgehead atoms. The lowest BCUT2D eigenvalue weighted by Crippen LogP contribution is -2.30. The fourth-order valence-corrected chi connectivity index (χ4v) is 8.21. The van der Waals surface area contributed by atoms with Crippen LogP contribution in [0.15, 0.2) is 60.8 Å². The largest absolute Gasteiger partial charge is 0.462 e. The van der Waals surface area contributed by atoms with Gasteiger partial charge in [-0.1, -0.05) is 255 Å². The minimum atomic E-state index is -0.783. The Morgan fingerprint density at radius 1 is 0.328 bits per heavy atom. The molecule has 0 aliphatic rings. The van der Waals surface area contributed by atoms with Gasteiger partial charge in [0.2, 0.25) is 0 Å². The lowest BCUT2D eigenvalue weighted by atomic mass is 10.0. The monoisotopic (exact) mass is 937 g/mol. The molecule has 6 nitrogen and oxygen atoms in total. The molecule has 0 radical (unpaired) electrons. The van der Waals surface area contributed by atoms with Crippen molar-refractivity contribution in [2.45, 2.75) is 297 Å². The quantitative estimate of drug-likeness (QED) is 0.0199. The molecule has 0 aromatic rings. The number of ether oxygens (including phenoxy) is 3. The smallest absolute Gasteiger partial charge is 0.306 e. The fourth-order valence-electron chi connectivity index (χ4n) is 8.21. The minimum Gasteiger partial charge on any atom is -0.462 e. The summed E-state index contributed by atoms with van der Waals surface area (Å²) in [4.78, 5) is 38.1. The Morgan fingerprint density at radius 3 is 1.03 bits per heavy atom. The Morgan fingerprint density at radius 2 is 0.627 bits per heavy atom. The lowest BCUT2D eigenvalue weighted by Gasteiger charge is -2.18. The maximum absolute atomic E-state index is 12.9. The molecule has 0 heterocycles. The first-order chi connectivity index (χ1) is 33.0. The number of unbranched alkanes of at least 4 members (excludes halogenated alkanes) is 32. The Labute approximate surface area is 415 Å². The van der Waals surface area contributed by atoms with Gasteiger partial charge >= 0.3 is 17.9 Å². The van der Waals surface area contributed by atoms with Crippen molar-refractivity contribution in [2.75, 3.05) is 13.2 Å². The zero-order valence-corrected chi connectivity index (χ0v) is 44.4. The molecule has 0 aromatic heterocycles. The lowest BCUT2D eigenvalue weighted by molar-refractivity contribution is -0.167. The molecule has 0 fully saturated rings. The number of esters is 3. The zero-order chi connectivity index (χ0) is 48.6. The second-order valence-corrected chi connectivity index (χ2v) is 19.2. The van der Waals surface area contributed by atoms with E-state index in [9.17, 15) is 14.4 Å². The van der Waals surface area contributed by atoms with Crippen molar-refractivity contribution >= 4 is 17.9 Å². The first-order valence-corrected chi connectivity index (χ1v) is 28.8. The van der Waals surface area contributed by atoms with Crippen LogP contribution in [0.4, 0.5) is 0 Å². The van der Waals surface area contributed by atoms with E-state index in [1.165, 1.54) is 161 Å². The SMILES string of the molecule is CC/C=C\C/C=C\C/C=C\CCCCCCC(=O)OCC(COC(=O)CCCCCCCCCCCC/C=C\C=C/CCCCC)OC(=O)CCCCCCCCCCCCCCCCCC. The third kappa shape index (κ3) is 53.9. The number of carbonyl (C=O) groups excluding carboxylic acids is 3. The topological polar surface area (TPSA) is 78.9 Å². The van der Waals surface area contributed by atoms with Crippen LogP contribution < -0.4 is 0 Å². The van der Waals surface area contributed by atoms with Crippen molar-refractivity contribution in [3.63, 3.8) is 0 Å². The van der Waals surface area contributed by atoms with Crippen LogP contribution in [-0.4, -0.2) is 37.2 Å². The first-order valence-electron chi connectivity index (χ1n) is 28.8. The predicted octanol–water partition coefficient (Wildman–Crippen LogP) is 19.2. The van der Waals surface area contributed by atoms with Crippen LogP contribution in [0.1, 0.15) is 290 Å². The summed E-state index contributed by atoms with van der Waals surface area (Å²) in [5.74, 6) is -0.894. The second-order valence-electron chi connectivity index (χ2n) is 19.2. The summed E-state index contributed by atoms with van der Waals surface area (Å²) in [7, 11) is 0. The van der Waals surface area contributed by atoms with Crippen molar-refractivity contribution < 1.29 is 28.6 Å². The van der Waals surface area contributed by atoms with Crippen molar-refractivity contribution in [3.8, 4) is 0 Å². The van der Waals surface area contributed by atoms with Crippen LogP contribution in [0.25, 0.3) is 0 Å². The molecule has 0 aromatic carbocycles. The van der Waals surface area contributed by atoms with E-state index in [4.69, 9.17) is 14.2 Å². The number of allylic oxidation sites excluding steroid dienone is 10. The number of hydrogen-bond acceptors (Lipinski definition) is 6. The van der Waals surface area contributed by atoms with Crippen LogP contribution >= 0.6 is 0 Å². The van der Waals surface area contributed by atoms with Crippen LogP contribution in [-0.2, 0) is 28.6 Å². The molecule has 0 spiro atoms. The molecule has 0 rings (SSSR count). The molecule has 0 saturated carbocycles. The predicted molar refractivity (Wildman–Crippen MR) is 288 cm³/mol. The van der Waals surface area contributed by atoms with Crippen LogP contribution in [0.2, 0.25) is 0 Å². The van der Waals surface area contributed by atoms with Crippen molar-refractivity contribution in [1.29, 1.82) is 0 Å². The molecule has 0 amide bonds. The van der Waals surface area contributed by atoms with E-state index in [0.717, 1.165) is 89.9 Å². The molecular formula is C61H108O6. The van der Waals surface area contributed by atoms with Crippen molar-refractivity contribution in [1.82, 2.24) is 0 Å². The highest BCUT2D eigenvalue weighted by molar-refractivity contribution is 5.71. The summed E-state index contributed by atoms with van der Waals surface area (Å²) in [6, 6.07) is 0. The van der Waals surface area contributed by atoms with Gasteiger partial charge in [0.1, 0.15) is 13.2 Å². The van der Waals surface area contributed by atoms with Gasteiger partial charge < -0.3 is 14.2 Å². The number of carbonyl (C=O) groups is 3. The normalized spacial score (nSPS) is 12.5. The average molecular weight is 938 g/mol. The molecule has 67 heavy (non-hydrogen) atoms. The average Bonchev–Trinajstić information content (AvgIpc) is 3.33. The van der Waals surface area contributed by atoms with E-state index in [1.807, 2.05) is 0 Å². The highest BCUT2D eigenvalue weighted by Gasteiger charge is 2.19. The van der Waals surface area contributed by atoms with Crippen LogP contribution in [0, 0.1) is 0 Å². The Hall–Kier alpha value is -2.89. The molecule has 1 unspecified atom stereocenters. The summed E-state index contributed by atoms with van der Waals surface area (Å²) in [5, 5.41) is 0. The Bertz CT molecular complexity index is 1210. The summed E-state index contributed by atoms with van der Waals surface area (Å²) >= 11 is 0. The Kier molecular flexibility index (Phi) is 53.3. The molecule has 0 saturated heterocycles. The van der Waals surface area contributed by atoms with Gasteiger partial charge in [-0.2, -0.15) is 0 Å². The highest BCUT2D eigenvalue weighted by atomic mass is 16.6. The Balaban J connectivity index is 4.37. The molecule has 6 heteroatoms. The van der Waals surface area contributed by atoms with E-state index < -0.39 is 6.10 Å². The van der Waals surface area contributed by atoms with Gasteiger partial charge in [0.25, 0.3) is 0 Å². The standard InChI is InChI=1S/C61H108O6/c1-4-7-10-13-16-19-22-25-28-30-31-32-34-36-39-42-45-48-51-54-60(63)66-57-58(56-65-59(62)53-50-47-44-41-38-35-27-24-21-18-15-12-9-6-3)67-61(64)55-52-49-46-43-40-37-33-29-26-23-20-17-14-11-8-5-2/h9,12,16,18-19,21-22,25,27,35,58H,4-8,10-11,13-15,17,20,23-24,26,28-34,36-57H2,1-3H3/b12-9-,19-16-,21-18-,25-22-,35-27-. The first kappa shape index (κ1) is 64.1. The van der Waals surface area contributed by atoms with Crippen molar-refractivity contribution in [3.05, 3.63) is 60.8 Å². The van der Waals surface area contributed by atoms with Crippen LogP contribution in [0.3, 0.4) is 0 Å². The second kappa shape index (κ2) is 55.7. The van der Waals surface area contributed by atoms with E-state index in [0.29, 0.717) is 19.3 Å². The summed E-state index contributed by atoms with van der Waals surface area (Å²) in [5.41, 5.74) is 0. The minimum absolute atomic E-state index is 0.0809. The number of hydrogen-bond donors (Lipinski definition) is 0. The molecule has 0 N–H and O–H groups in total. The van der Waals surface area contributed by atoms with Gasteiger partial charge in [0.15, 0.2) is 6.10 Å². The van der Waals surface area contributed by atoms with E-state index in [1.54, 1.807) is 0 Å². The molecule has 0 aliphatic heterocycles. The maximum Gasteiger partial charge on any atom is 0.306 e. The van der Waals surface area contributed by atoms with Gasteiger partial charge in [-0.3, -0.25) is 14.4 Å². The summed E-state index contributed by atoms with van der Waals surface area (Å²) < 4.78 is 16.9. The van der Waals surface area contributed by atoms with Gasteiger partial charge in [-0.05, 0) is 77.0 Å². The number of rotatable bonds is 52. The molecular weight excluding hydrogens is 829 g/mol.